The molecule has 156 valence electrons. The van der Waals surface area contributed by atoms with Crippen molar-refractivity contribution in [2.24, 2.45) is 5.41 Å². The van der Waals surface area contributed by atoms with Crippen LogP contribution in [0, 0.1) is 5.41 Å². The van der Waals surface area contributed by atoms with E-state index < -0.39 is 11.5 Å². The molecule has 0 aliphatic rings. The van der Waals surface area contributed by atoms with E-state index in [1.807, 2.05) is 38.1 Å². The predicted octanol–water partition coefficient (Wildman–Crippen LogP) is 3.67. The molecule has 0 unspecified atom stereocenters. The summed E-state index contributed by atoms with van der Waals surface area (Å²) in [4.78, 5) is 12.0. The van der Waals surface area contributed by atoms with Crippen molar-refractivity contribution in [1.29, 1.82) is 0 Å². The van der Waals surface area contributed by atoms with Crippen LogP contribution in [0.1, 0.15) is 38.4 Å². The number of hydrogen-bond acceptors (Lipinski definition) is 5. The van der Waals surface area contributed by atoms with E-state index in [2.05, 4.69) is 5.32 Å². The van der Waals surface area contributed by atoms with Crippen molar-refractivity contribution >= 4 is 17.3 Å². The average Bonchev–Trinajstić information content (AvgIpc) is 2.71. The first-order valence-corrected chi connectivity index (χ1v) is 9.68. The third-order valence-electron chi connectivity index (χ3n) is 4.75. The zero-order valence-corrected chi connectivity index (χ0v) is 17.0. The lowest BCUT2D eigenvalue weighted by Crippen LogP contribution is -2.22. The van der Waals surface area contributed by atoms with E-state index in [1.54, 1.807) is 30.3 Å². The van der Waals surface area contributed by atoms with E-state index in [-0.39, 0.29) is 19.1 Å². The van der Waals surface area contributed by atoms with Crippen molar-refractivity contribution in [3.05, 3.63) is 66.2 Å². The van der Waals surface area contributed by atoms with Gasteiger partial charge < -0.3 is 26.0 Å². The lowest BCUT2D eigenvalue weighted by atomic mass is 9.78. The van der Waals surface area contributed by atoms with Crippen LogP contribution in [0.3, 0.4) is 0 Å². The molecular weight excluding hydrogens is 368 g/mol. The Hall–Kier alpha value is -2.83. The van der Waals surface area contributed by atoms with Crippen molar-refractivity contribution in [1.82, 2.24) is 0 Å². The number of aliphatic hydroxyl groups is 2. The molecule has 5 N–H and O–H groups in total. The molecule has 6 nitrogen and oxygen atoms in total. The average molecular weight is 399 g/mol. The van der Waals surface area contributed by atoms with Crippen LogP contribution >= 0.6 is 0 Å². The van der Waals surface area contributed by atoms with Gasteiger partial charge in [0.2, 0.25) is 5.91 Å². The van der Waals surface area contributed by atoms with Gasteiger partial charge in [0.05, 0.1) is 24.1 Å². The highest BCUT2D eigenvalue weighted by molar-refractivity contribution is 6.01. The molecule has 1 amide bonds. The number of carbonyl (C=O) groups excluding carboxylic acids is 1. The Balaban J connectivity index is 1.93. The molecule has 2 aromatic rings. The molecule has 1 atom stereocenters. The Labute approximate surface area is 172 Å². The number of nitrogens with one attached hydrogen (secondary N) is 1. The standard InChI is InChI=1S/C23H30N2O4/c1-23(2,22(28)17-9-3-6-12-20(17)29-16-15-26)14-8-7-13-21(27)25-19-11-5-4-10-18(19)24/h3-7,9-13,22,26,28H,8,14-16,24H2,1-2H3,(H,25,27)/b13-7+/t22-/m0/s1. The second-order valence-electron chi connectivity index (χ2n) is 7.52. The quantitative estimate of drug-likeness (QED) is 0.361. The SMILES string of the molecule is CC(C)(CC/C=C/C(=O)Nc1ccccc1N)[C@@H](O)c1ccccc1OCCO. The molecule has 0 spiro atoms. The minimum atomic E-state index is -0.747. The molecular formula is C23H30N2O4. The molecule has 2 rings (SSSR count). The van der Waals surface area contributed by atoms with Crippen molar-refractivity contribution in [2.75, 3.05) is 24.3 Å². The summed E-state index contributed by atoms with van der Waals surface area (Å²) in [5, 5.41) is 22.6. The van der Waals surface area contributed by atoms with Crippen LogP contribution in [-0.4, -0.2) is 29.3 Å². The maximum Gasteiger partial charge on any atom is 0.248 e. The number of allylic oxidation sites excluding steroid dienone is 1. The van der Waals surface area contributed by atoms with Crippen LogP contribution in [0.5, 0.6) is 5.75 Å². The van der Waals surface area contributed by atoms with Gasteiger partial charge in [-0.25, -0.2) is 0 Å². The first-order valence-electron chi connectivity index (χ1n) is 9.68. The zero-order chi connectivity index (χ0) is 21.3. The van der Waals surface area contributed by atoms with E-state index in [0.717, 1.165) is 0 Å². The van der Waals surface area contributed by atoms with E-state index in [9.17, 15) is 9.90 Å². The van der Waals surface area contributed by atoms with E-state index >= 15 is 0 Å². The van der Waals surface area contributed by atoms with Gasteiger partial charge in [0, 0.05) is 5.56 Å². The Morgan fingerprint density at radius 3 is 2.62 bits per heavy atom. The molecule has 0 saturated carbocycles. The molecule has 0 bridgehead atoms. The zero-order valence-electron chi connectivity index (χ0n) is 17.0. The highest BCUT2D eigenvalue weighted by atomic mass is 16.5. The summed E-state index contributed by atoms with van der Waals surface area (Å²) in [5.41, 5.74) is 7.16. The lowest BCUT2D eigenvalue weighted by Gasteiger charge is -2.31. The maximum absolute atomic E-state index is 12.0. The number of aliphatic hydroxyl groups excluding tert-OH is 2. The number of nitrogen functional groups attached to an aromatic ring is 1. The molecule has 0 aliphatic heterocycles. The molecule has 0 fully saturated rings. The summed E-state index contributed by atoms with van der Waals surface area (Å²) in [6, 6.07) is 14.4. The smallest absolute Gasteiger partial charge is 0.248 e. The Kier molecular flexibility index (Phi) is 8.24. The molecule has 29 heavy (non-hydrogen) atoms. The van der Waals surface area contributed by atoms with Gasteiger partial charge in [-0.3, -0.25) is 4.79 Å². The maximum atomic E-state index is 12.0. The number of carbonyl (C=O) groups is 1. The third-order valence-corrected chi connectivity index (χ3v) is 4.75. The summed E-state index contributed by atoms with van der Waals surface area (Å²) in [6.07, 6.45) is 3.81. The van der Waals surface area contributed by atoms with E-state index in [4.69, 9.17) is 15.6 Å². The summed E-state index contributed by atoms with van der Waals surface area (Å²) in [5.74, 6) is 0.321. The monoisotopic (exact) mass is 398 g/mol. The van der Waals surface area contributed by atoms with Crippen molar-refractivity contribution < 1.29 is 19.7 Å². The number of nitrogens with two attached hydrogens (primary N) is 1. The highest BCUT2D eigenvalue weighted by Gasteiger charge is 2.30. The van der Waals surface area contributed by atoms with Gasteiger partial charge in [-0.1, -0.05) is 50.3 Å². The lowest BCUT2D eigenvalue weighted by molar-refractivity contribution is -0.111. The highest BCUT2D eigenvalue weighted by Crippen LogP contribution is 2.40. The minimum absolute atomic E-state index is 0.0880. The van der Waals surface area contributed by atoms with Crippen LogP contribution < -0.4 is 15.8 Å². The number of para-hydroxylation sites is 3. The second kappa shape index (κ2) is 10.6. The van der Waals surface area contributed by atoms with Gasteiger partial charge in [-0.15, -0.1) is 0 Å². The van der Waals surface area contributed by atoms with Crippen molar-refractivity contribution in [2.45, 2.75) is 32.8 Å². The van der Waals surface area contributed by atoms with Crippen LogP contribution in [-0.2, 0) is 4.79 Å². The Morgan fingerprint density at radius 1 is 1.21 bits per heavy atom. The van der Waals surface area contributed by atoms with E-state index in [0.29, 0.717) is 35.5 Å². The predicted molar refractivity (Wildman–Crippen MR) is 116 cm³/mol. The van der Waals surface area contributed by atoms with Gasteiger partial charge in [0.1, 0.15) is 12.4 Å². The second-order valence-corrected chi connectivity index (χ2v) is 7.52. The van der Waals surface area contributed by atoms with Crippen LogP contribution in [0.25, 0.3) is 0 Å². The number of anilines is 2. The summed E-state index contributed by atoms with van der Waals surface area (Å²) in [7, 11) is 0. The minimum Gasteiger partial charge on any atom is -0.491 e. The number of rotatable bonds is 10. The van der Waals surface area contributed by atoms with E-state index in [1.165, 1.54) is 6.08 Å². The fourth-order valence-electron chi connectivity index (χ4n) is 2.98. The van der Waals surface area contributed by atoms with Crippen molar-refractivity contribution in [3.63, 3.8) is 0 Å². The fraction of sp³-hybridized carbons (Fsp3) is 0.348. The first-order chi connectivity index (χ1) is 13.8. The topological polar surface area (TPSA) is 105 Å². The Bertz CT molecular complexity index is 833. The number of amides is 1. The van der Waals surface area contributed by atoms with Crippen molar-refractivity contribution in [3.8, 4) is 5.75 Å². The van der Waals surface area contributed by atoms with Gasteiger partial charge in [0.25, 0.3) is 0 Å². The number of hydrogen-bond donors (Lipinski definition) is 4. The van der Waals surface area contributed by atoms with Crippen LogP contribution in [0.2, 0.25) is 0 Å². The van der Waals surface area contributed by atoms with Gasteiger partial charge in [-0.2, -0.15) is 0 Å². The molecule has 0 heterocycles. The van der Waals surface area contributed by atoms with Crippen LogP contribution in [0.4, 0.5) is 11.4 Å². The number of ether oxygens (including phenoxy) is 1. The van der Waals surface area contributed by atoms with Gasteiger partial charge in [-0.05, 0) is 42.5 Å². The fourth-order valence-corrected chi connectivity index (χ4v) is 2.98. The summed E-state index contributed by atoms with van der Waals surface area (Å²) >= 11 is 0. The summed E-state index contributed by atoms with van der Waals surface area (Å²) < 4.78 is 5.54. The summed E-state index contributed by atoms with van der Waals surface area (Å²) in [6.45, 7) is 4.03. The third kappa shape index (κ3) is 6.62. The molecule has 0 radical (unpaired) electrons. The largest absolute Gasteiger partial charge is 0.491 e. The molecule has 0 saturated heterocycles. The first kappa shape index (κ1) is 22.5. The number of benzene rings is 2. The molecule has 0 aliphatic carbocycles. The van der Waals surface area contributed by atoms with Crippen LogP contribution in [0.15, 0.2) is 60.7 Å². The normalized spacial score (nSPS) is 12.7. The molecule has 2 aromatic carbocycles. The molecule has 0 aromatic heterocycles. The Morgan fingerprint density at radius 2 is 1.90 bits per heavy atom. The van der Waals surface area contributed by atoms with Gasteiger partial charge in [0.15, 0.2) is 0 Å². The molecule has 6 heteroatoms. The van der Waals surface area contributed by atoms with Gasteiger partial charge >= 0.3 is 0 Å².